The Bertz CT molecular complexity index is 864. The smallest absolute Gasteiger partial charge is 0.271 e. The monoisotopic (exact) mass is 398 g/mol. The van der Waals surface area contributed by atoms with Gasteiger partial charge >= 0.3 is 0 Å². The number of ether oxygens (including phenoxy) is 2. The first-order chi connectivity index (χ1) is 14.0. The van der Waals surface area contributed by atoms with Crippen LogP contribution in [0.3, 0.4) is 0 Å². The molecule has 1 amide bonds. The number of nitrogens with one attached hydrogen (secondary N) is 1. The topological polar surface area (TPSA) is 90.7 Å². The summed E-state index contributed by atoms with van der Waals surface area (Å²) in [6, 6.07) is 11.2. The Kier molecular flexibility index (Phi) is 8.69. The molecule has 0 aliphatic carbocycles. The van der Waals surface area contributed by atoms with Crippen LogP contribution in [0.1, 0.15) is 38.2 Å². The molecule has 2 rings (SSSR count). The van der Waals surface area contributed by atoms with Gasteiger partial charge in [-0.15, -0.1) is 0 Å². The van der Waals surface area contributed by atoms with Crippen molar-refractivity contribution in [1.82, 2.24) is 0 Å². The number of amides is 1. The third kappa shape index (κ3) is 7.29. The molecule has 1 N–H and O–H groups in total. The summed E-state index contributed by atoms with van der Waals surface area (Å²) in [4.78, 5) is 22.4. The standard InChI is InChI=1S/C22H26N2O5/c1-3-4-5-6-14-29-20-12-10-17(15-21(20)28-2)11-13-22(25)23-18-8-7-9-19(16-18)24(26)27/h7-13,15-16H,3-6,14H2,1-2H3,(H,23,25)/b13-11+. The molecule has 7 nitrogen and oxygen atoms in total. The molecule has 0 bridgehead atoms. The van der Waals surface area contributed by atoms with Crippen LogP contribution >= 0.6 is 0 Å². The van der Waals surface area contributed by atoms with Crippen molar-refractivity contribution in [3.63, 3.8) is 0 Å². The molecule has 29 heavy (non-hydrogen) atoms. The molecule has 154 valence electrons. The summed E-state index contributed by atoms with van der Waals surface area (Å²) in [6.07, 6.45) is 7.51. The largest absolute Gasteiger partial charge is 0.493 e. The van der Waals surface area contributed by atoms with Gasteiger partial charge in [-0.25, -0.2) is 0 Å². The second-order valence-corrected chi connectivity index (χ2v) is 6.45. The van der Waals surface area contributed by atoms with Crippen molar-refractivity contribution in [2.24, 2.45) is 0 Å². The van der Waals surface area contributed by atoms with Crippen LogP contribution < -0.4 is 14.8 Å². The van der Waals surface area contributed by atoms with E-state index in [9.17, 15) is 14.9 Å². The van der Waals surface area contributed by atoms with Crippen molar-refractivity contribution < 1.29 is 19.2 Å². The van der Waals surface area contributed by atoms with Crippen LogP contribution in [-0.2, 0) is 4.79 Å². The van der Waals surface area contributed by atoms with Gasteiger partial charge in [0.05, 0.1) is 18.6 Å². The first kappa shape index (κ1) is 21.9. The van der Waals surface area contributed by atoms with E-state index in [-0.39, 0.29) is 11.6 Å². The zero-order valence-corrected chi connectivity index (χ0v) is 16.7. The highest BCUT2D eigenvalue weighted by atomic mass is 16.6. The van der Waals surface area contributed by atoms with Crippen LogP contribution in [0.2, 0.25) is 0 Å². The van der Waals surface area contributed by atoms with E-state index in [0.29, 0.717) is 23.8 Å². The number of hydrogen-bond acceptors (Lipinski definition) is 5. The summed E-state index contributed by atoms with van der Waals surface area (Å²) in [5.74, 6) is 0.879. The van der Waals surface area contributed by atoms with Gasteiger partial charge in [-0.05, 0) is 36.3 Å². The Morgan fingerprint density at radius 1 is 1.14 bits per heavy atom. The molecule has 0 aliphatic heterocycles. The second-order valence-electron chi connectivity index (χ2n) is 6.45. The predicted octanol–water partition coefficient (Wildman–Crippen LogP) is 5.21. The van der Waals surface area contributed by atoms with E-state index in [1.807, 2.05) is 12.1 Å². The van der Waals surface area contributed by atoms with E-state index >= 15 is 0 Å². The Hall–Kier alpha value is -3.35. The summed E-state index contributed by atoms with van der Waals surface area (Å²) in [6.45, 7) is 2.80. The summed E-state index contributed by atoms with van der Waals surface area (Å²) >= 11 is 0. The van der Waals surface area contributed by atoms with Crippen LogP contribution in [-0.4, -0.2) is 24.5 Å². The van der Waals surface area contributed by atoms with E-state index < -0.39 is 4.92 Å². The van der Waals surface area contributed by atoms with Gasteiger partial charge in [-0.3, -0.25) is 14.9 Å². The lowest BCUT2D eigenvalue weighted by Gasteiger charge is -2.11. The molecule has 0 saturated heterocycles. The van der Waals surface area contributed by atoms with Crippen LogP contribution in [0.25, 0.3) is 6.08 Å². The van der Waals surface area contributed by atoms with Crippen molar-refractivity contribution in [2.75, 3.05) is 19.0 Å². The summed E-state index contributed by atoms with van der Waals surface area (Å²) in [7, 11) is 1.57. The lowest BCUT2D eigenvalue weighted by molar-refractivity contribution is -0.384. The van der Waals surface area contributed by atoms with Gasteiger partial charge in [0.2, 0.25) is 5.91 Å². The van der Waals surface area contributed by atoms with Crippen LogP contribution in [0.4, 0.5) is 11.4 Å². The molecule has 7 heteroatoms. The lowest BCUT2D eigenvalue weighted by atomic mass is 10.2. The third-order valence-corrected chi connectivity index (χ3v) is 4.19. The summed E-state index contributed by atoms with van der Waals surface area (Å²) in [5.41, 5.74) is 1.05. The first-order valence-electron chi connectivity index (χ1n) is 9.58. The number of methoxy groups -OCH3 is 1. The van der Waals surface area contributed by atoms with E-state index in [1.165, 1.54) is 37.1 Å². The molecule has 2 aromatic carbocycles. The number of anilines is 1. The Balaban J connectivity index is 1.96. The van der Waals surface area contributed by atoms with Crippen molar-refractivity contribution in [1.29, 1.82) is 0 Å². The number of rotatable bonds is 11. The average molecular weight is 398 g/mol. The summed E-state index contributed by atoms with van der Waals surface area (Å²) < 4.78 is 11.2. The number of nitrogens with zero attached hydrogens (tertiary/aromatic N) is 1. The molecule has 0 saturated carbocycles. The molecule has 0 atom stereocenters. The Morgan fingerprint density at radius 2 is 1.97 bits per heavy atom. The number of non-ortho nitro benzene ring substituents is 1. The van der Waals surface area contributed by atoms with E-state index in [1.54, 1.807) is 25.3 Å². The van der Waals surface area contributed by atoms with Crippen LogP contribution in [0.15, 0.2) is 48.5 Å². The number of benzene rings is 2. The van der Waals surface area contributed by atoms with Crippen molar-refractivity contribution in [3.8, 4) is 11.5 Å². The SMILES string of the molecule is CCCCCCOc1ccc(/C=C/C(=O)Nc2cccc([N+](=O)[O-])c2)cc1OC. The normalized spacial score (nSPS) is 10.7. The molecule has 0 heterocycles. The highest BCUT2D eigenvalue weighted by Gasteiger charge is 2.08. The minimum absolute atomic E-state index is 0.0817. The Morgan fingerprint density at radius 3 is 2.69 bits per heavy atom. The van der Waals surface area contributed by atoms with E-state index in [0.717, 1.165) is 18.4 Å². The second kappa shape index (κ2) is 11.5. The fourth-order valence-electron chi connectivity index (χ4n) is 2.67. The van der Waals surface area contributed by atoms with Gasteiger partial charge in [0, 0.05) is 23.9 Å². The van der Waals surface area contributed by atoms with Crippen molar-refractivity contribution in [2.45, 2.75) is 32.6 Å². The molecular formula is C22H26N2O5. The summed E-state index contributed by atoms with van der Waals surface area (Å²) in [5, 5.41) is 13.4. The molecule has 0 radical (unpaired) electrons. The maximum absolute atomic E-state index is 12.1. The highest BCUT2D eigenvalue weighted by Crippen LogP contribution is 2.29. The molecule has 2 aromatic rings. The minimum Gasteiger partial charge on any atom is -0.493 e. The van der Waals surface area contributed by atoms with Crippen molar-refractivity contribution >= 4 is 23.4 Å². The fraction of sp³-hybridized carbons (Fsp3) is 0.318. The maximum atomic E-state index is 12.1. The quantitative estimate of drug-likeness (QED) is 0.243. The van der Waals surface area contributed by atoms with Gasteiger partial charge in [0.25, 0.3) is 5.69 Å². The maximum Gasteiger partial charge on any atom is 0.271 e. The lowest BCUT2D eigenvalue weighted by Crippen LogP contribution is -2.07. The molecule has 0 unspecified atom stereocenters. The van der Waals surface area contributed by atoms with E-state index in [2.05, 4.69) is 12.2 Å². The number of nitro benzene ring substituents is 1. The van der Waals surface area contributed by atoms with Crippen LogP contribution in [0.5, 0.6) is 11.5 Å². The van der Waals surface area contributed by atoms with Gasteiger partial charge in [0.15, 0.2) is 11.5 Å². The van der Waals surface area contributed by atoms with Crippen molar-refractivity contribution in [3.05, 3.63) is 64.2 Å². The molecule has 0 fully saturated rings. The van der Waals surface area contributed by atoms with Gasteiger partial charge in [-0.1, -0.05) is 38.3 Å². The zero-order valence-electron chi connectivity index (χ0n) is 16.7. The first-order valence-corrected chi connectivity index (χ1v) is 9.58. The van der Waals surface area contributed by atoms with E-state index in [4.69, 9.17) is 9.47 Å². The highest BCUT2D eigenvalue weighted by molar-refractivity contribution is 6.02. The third-order valence-electron chi connectivity index (χ3n) is 4.19. The molecular weight excluding hydrogens is 372 g/mol. The van der Waals surface area contributed by atoms with Crippen LogP contribution in [0, 0.1) is 10.1 Å². The minimum atomic E-state index is -0.509. The van der Waals surface area contributed by atoms with Gasteiger partial charge in [-0.2, -0.15) is 0 Å². The van der Waals surface area contributed by atoms with Gasteiger partial charge < -0.3 is 14.8 Å². The average Bonchev–Trinajstić information content (AvgIpc) is 2.72. The van der Waals surface area contributed by atoms with Gasteiger partial charge in [0.1, 0.15) is 0 Å². The number of carbonyl (C=O) groups is 1. The number of unbranched alkanes of at least 4 members (excludes halogenated alkanes) is 3. The Labute approximate surface area is 170 Å². The molecule has 0 aromatic heterocycles. The molecule has 0 spiro atoms. The number of hydrogen-bond donors (Lipinski definition) is 1. The number of nitro groups is 1. The zero-order chi connectivity index (χ0) is 21.1. The fourth-order valence-corrected chi connectivity index (χ4v) is 2.67. The number of carbonyl (C=O) groups excluding carboxylic acids is 1. The predicted molar refractivity (Wildman–Crippen MR) is 113 cm³/mol. The molecule has 0 aliphatic rings.